The van der Waals surface area contributed by atoms with Crippen LogP contribution in [0.25, 0.3) is 0 Å². The van der Waals surface area contributed by atoms with E-state index in [4.69, 9.17) is 5.26 Å². The van der Waals surface area contributed by atoms with Gasteiger partial charge in [-0.25, -0.2) is 8.42 Å². The number of amides is 1. The van der Waals surface area contributed by atoms with E-state index in [1.54, 1.807) is 24.3 Å². The summed E-state index contributed by atoms with van der Waals surface area (Å²) in [4.78, 5) is 12.6. The van der Waals surface area contributed by atoms with Gasteiger partial charge in [-0.1, -0.05) is 43.9 Å². The van der Waals surface area contributed by atoms with Crippen molar-refractivity contribution in [2.24, 2.45) is 0 Å². The monoisotopic (exact) mass is 397 g/mol. The third-order valence-corrected chi connectivity index (χ3v) is 6.25. The minimum atomic E-state index is -3.92. The molecule has 2 aromatic carbocycles. The molecule has 1 aliphatic rings. The van der Waals surface area contributed by atoms with Gasteiger partial charge in [0.05, 0.1) is 16.1 Å². The van der Waals surface area contributed by atoms with Crippen molar-refractivity contribution in [2.45, 2.75) is 49.5 Å². The van der Waals surface area contributed by atoms with Crippen molar-refractivity contribution in [3.8, 4) is 6.07 Å². The van der Waals surface area contributed by atoms with Crippen LogP contribution in [-0.2, 0) is 10.0 Å². The molecule has 6 nitrogen and oxygen atoms in total. The normalized spacial score (nSPS) is 15.2. The first-order valence-corrected chi connectivity index (χ1v) is 10.9. The van der Waals surface area contributed by atoms with E-state index in [9.17, 15) is 13.2 Å². The van der Waals surface area contributed by atoms with Crippen LogP contribution in [0.1, 0.15) is 54.4 Å². The Kier molecular flexibility index (Phi) is 6.32. The number of nitriles is 1. The van der Waals surface area contributed by atoms with E-state index in [2.05, 4.69) is 10.0 Å². The molecule has 2 aromatic rings. The summed E-state index contributed by atoms with van der Waals surface area (Å²) in [6, 6.07) is 14.4. The molecule has 1 fully saturated rings. The average molecular weight is 398 g/mol. The van der Waals surface area contributed by atoms with Crippen molar-refractivity contribution in [1.82, 2.24) is 5.32 Å². The summed E-state index contributed by atoms with van der Waals surface area (Å²) in [5.41, 5.74) is 0.743. The molecule has 3 rings (SSSR count). The summed E-state index contributed by atoms with van der Waals surface area (Å²) >= 11 is 0. The van der Waals surface area contributed by atoms with E-state index in [-0.39, 0.29) is 28.1 Å². The van der Waals surface area contributed by atoms with Crippen molar-refractivity contribution >= 4 is 21.6 Å². The van der Waals surface area contributed by atoms with Crippen LogP contribution >= 0.6 is 0 Å². The maximum Gasteiger partial charge on any atom is 0.261 e. The molecule has 2 N–H and O–H groups in total. The Hall–Kier alpha value is -2.85. The lowest BCUT2D eigenvalue weighted by molar-refractivity contribution is 0.0933. The maximum atomic E-state index is 12.7. The predicted molar refractivity (Wildman–Crippen MR) is 107 cm³/mol. The zero-order valence-electron chi connectivity index (χ0n) is 15.5. The Bertz CT molecular complexity index is 988. The van der Waals surface area contributed by atoms with Gasteiger partial charge < -0.3 is 5.32 Å². The standard InChI is InChI=1S/C21H23N3O3S/c22-15-17-8-5-6-13-20(17)24-28(26,27)19-12-7-9-16(14-19)21(25)23-18-10-3-1-2-4-11-18/h5-9,12-14,18,24H,1-4,10-11H2,(H,23,25). The molecule has 7 heteroatoms. The predicted octanol–water partition coefficient (Wildman–Crippen LogP) is 3.81. The Balaban J connectivity index is 1.78. The Morgan fingerprint density at radius 3 is 2.43 bits per heavy atom. The summed E-state index contributed by atoms with van der Waals surface area (Å²) in [5.74, 6) is -0.263. The minimum Gasteiger partial charge on any atom is -0.349 e. The molecule has 146 valence electrons. The fraction of sp³-hybridized carbons (Fsp3) is 0.333. The number of carbonyl (C=O) groups excluding carboxylic acids is 1. The molecule has 0 radical (unpaired) electrons. The van der Waals surface area contributed by atoms with Crippen molar-refractivity contribution in [3.05, 3.63) is 59.7 Å². The van der Waals surface area contributed by atoms with E-state index in [1.807, 2.05) is 6.07 Å². The largest absolute Gasteiger partial charge is 0.349 e. The molecular formula is C21H23N3O3S. The highest BCUT2D eigenvalue weighted by Crippen LogP contribution is 2.21. The number of nitrogens with one attached hydrogen (secondary N) is 2. The molecule has 0 unspecified atom stereocenters. The van der Waals surface area contributed by atoms with Crippen LogP contribution in [-0.4, -0.2) is 20.4 Å². The smallest absolute Gasteiger partial charge is 0.261 e. The summed E-state index contributed by atoms with van der Waals surface area (Å²) in [5, 5.41) is 12.2. The number of hydrogen-bond acceptors (Lipinski definition) is 4. The van der Waals surface area contributed by atoms with Crippen LogP contribution in [0.3, 0.4) is 0 Å². The van der Waals surface area contributed by atoms with Crippen molar-refractivity contribution < 1.29 is 13.2 Å². The first kappa shape index (κ1) is 19.9. The molecule has 0 atom stereocenters. The quantitative estimate of drug-likeness (QED) is 0.749. The Morgan fingerprint density at radius 2 is 1.71 bits per heavy atom. The molecule has 0 bridgehead atoms. The SMILES string of the molecule is N#Cc1ccccc1NS(=O)(=O)c1cccc(C(=O)NC2CCCCCC2)c1. The Labute approximate surface area is 165 Å². The highest BCUT2D eigenvalue weighted by molar-refractivity contribution is 7.92. The van der Waals surface area contributed by atoms with Gasteiger partial charge >= 0.3 is 0 Å². The van der Waals surface area contributed by atoms with E-state index in [0.29, 0.717) is 5.56 Å². The summed E-state index contributed by atoms with van der Waals surface area (Å²) in [6.45, 7) is 0. The number of benzene rings is 2. The second-order valence-electron chi connectivity index (χ2n) is 6.95. The van der Waals surface area contributed by atoms with E-state index >= 15 is 0 Å². The fourth-order valence-corrected chi connectivity index (χ4v) is 4.50. The zero-order chi connectivity index (χ0) is 20.0. The Morgan fingerprint density at radius 1 is 1.00 bits per heavy atom. The van der Waals surface area contributed by atoms with Crippen LogP contribution in [0.4, 0.5) is 5.69 Å². The second-order valence-corrected chi connectivity index (χ2v) is 8.64. The van der Waals surface area contributed by atoms with Crippen LogP contribution in [0.2, 0.25) is 0 Å². The summed E-state index contributed by atoms with van der Waals surface area (Å²) < 4.78 is 27.9. The van der Waals surface area contributed by atoms with Gasteiger partial charge in [-0.15, -0.1) is 0 Å². The van der Waals surface area contributed by atoms with Crippen LogP contribution in [0.15, 0.2) is 53.4 Å². The maximum absolute atomic E-state index is 12.7. The average Bonchev–Trinajstić information content (AvgIpc) is 2.97. The summed E-state index contributed by atoms with van der Waals surface area (Å²) in [6.07, 6.45) is 6.49. The van der Waals surface area contributed by atoms with E-state index < -0.39 is 10.0 Å². The lowest BCUT2D eigenvalue weighted by atomic mass is 10.1. The molecule has 1 saturated carbocycles. The number of rotatable bonds is 5. The van der Waals surface area contributed by atoms with Crippen LogP contribution in [0.5, 0.6) is 0 Å². The van der Waals surface area contributed by atoms with Gasteiger partial charge in [-0.2, -0.15) is 5.26 Å². The van der Waals surface area contributed by atoms with E-state index in [1.165, 1.54) is 37.1 Å². The minimum absolute atomic E-state index is 0.0197. The molecule has 0 saturated heterocycles. The highest BCUT2D eigenvalue weighted by atomic mass is 32.2. The number of sulfonamides is 1. The van der Waals surface area contributed by atoms with Gasteiger partial charge in [0.1, 0.15) is 6.07 Å². The second kappa shape index (κ2) is 8.89. The van der Waals surface area contributed by atoms with Gasteiger partial charge in [-0.3, -0.25) is 9.52 Å². The molecule has 1 amide bonds. The zero-order valence-corrected chi connectivity index (χ0v) is 16.3. The van der Waals surface area contributed by atoms with Gasteiger partial charge in [0, 0.05) is 11.6 Å². The molecule has 0 aliphatic heterocycles. The van der Waals surface area contributed by atoms with Crippen LogP contribution < -0.4 is 10.0 Å². The summed E-state index contributed by atoms with van der Waals surface area (Å²) in [7, 11) is -3.92. The first-order chi connectivity index (χ1) is 13.5. The lowest BCUT2D eigenvalue weighted by Crippen LogP contribution is -2.34. The lowest BCUT2D eigenvalue weighted by Gasteiger charge is -2.16. The number of hydrogen-bond donors (Lipinski definition) is 2. The van der Waals surface area contributed by atoms with Crippen molar-refractivity contribution in [1.29, 1.82) is 5.26 Å². The molecular weight excluding hydrogens is 374 g/mol. The van der Waals surface area contributed by atoms with Crippen molar-refractivity contribution in [2.75, 3.05) is 4.72 Å². The third-order valence-electron chi connectivity index (χ3n) is 4.89. The molecule has 0 spiro atoms. The molecule has 0 aromatic heterocycles. The topological polar surface area (TPSA) is 99.1 Å². The fourth-order valence-electron chi connectivity index (χ4n) is 3.37. The van der Waals surface area contributed by atoms with E-state index in [0.717, 1.165) is 25.7 Å². The van der Waals surface area contributed by atoms with Crippen molar-refractivity contribution in [3.63, 3.8) is 0 Å². The van der Waals surface area contributed by atoms with Gasteiger partial charge in [-0.05, 0) is 43.2 Å². The first-order valence-electron chi connectivity index (χ1n) is 9.42. The number of nitrogens with zero attached hydrogens (tertiary/aromatic N) is 1. The number of carbonyl (C=O) groups is 1. The molecule has 1 aliphatic carbocycles. The third kappa shape index (κ3) is 4.90. The number of para-hydroxylation sites is 1. The molecule has 0 heterocycles. The number of anilines is 1. The van der Waals surface area contributed by atoms with Gasteiger partial charge in [0.25, 0.3) is 15.9 Å². The highest BCUT2D eigenvalue weighted by Gasteiger charge is 2.20. The molecule has 28 heavy (non-hydrogen) atoms. The van der Waals surface area contributed by atoms with Gasteiger partial charge in [0.15, 0.2) is 0 Å². The van der Waals surface area contributed by atoms with Gasteiger partial charge in [0.2, 0.25) is 0 Å². The van der Waals surface area contributed by atoms with Crippen LogP contribution in [0, 0.1) is 11.3 Å².